The highest BCUT2D eigenvalue weighted by atomic mass is 19.1. The van der Waals surface area contributed by atoms with E-state index in [2.05, 4.69) is 37.5 Å². The van der Waals surface area contributed by atoms with Crippen LogP contribution in [0, 0.1) is 5.95 Å². The lowest BCUT2D eigenvalue weighted by Gasteiger charge is -2.29. The summed E-state index contributed by atoms with van der Waals surface area (Å²) in [6.07, 6.45) is 7.36. The van der Waals surface area contributed by atoms with Gasteiger partial charge in [0.05, 0.1) is 5.69 Å². The topological polar surface area (TPSA) is 90.0 Å². The molecule has 3 heterocycles. The van der Waals surface area contributed by atoms with Gasteiger partial charge in [0.15, 0.2) is 11.4 Å². The monoisotopic (exact) mass is 513 g/mol. The van der Waals surface area contributed by atoms with E-state index in [9.17, 15) is 9.18 Å². The van der Waals surface area contributed by atoms with Gasteiger partial charge in [-0.05, 0) is 69.3 Å². The van der Waals surface area contributed by atoms with Gasteiger partial charge in [0.25, 0.3) is 0 Å². The second kappa shape index (κ2) is 11.5. The zero-order valence-electron chi connectivity index (χ0n) is 21.7. The number of ketones is 1. The summed E-state index contributed by atoms with van der Waals surface area (Å²) >= 11 is 0. The molecule has 2 aromatic heterocycles. The number of likely N-dealkylation sites (N-methyl/N-ethyl adjacent to an activating group) is 1. The summed E-state index contributed by atoms with van der Waals surface area (Å²) in [6.45, 7) is 2.79. The third-order valence-electron chi connectivity index (χ3n) is 6.55. The van der Waals surface area contributed by atoms with Gasteiger partial charge in [-0.1, -0.05) is 30.3 Å². The molecule has 2 N–H and O–H groups in total. The first-order valence-electron chi connectivity index (χ1n) is 12.9. The molecule has 0 saturated carbocycles. The van der Waals surface area contributed by atoms with Crippen LogP contribution in [0.5, 0.6) is 0 Å². The van der Waals surface area contributed by atoms with E-state index >= 15 is 0 Å². The number of nitrogens with one attached hydrogen (secondary N) is 2. The van der Waals surface area contributed by atoms with Crippen LogP contribution in [0.3, 0.4) is 0 Å². The van der Waals surface area contributed by atoms with Gasteiger partial charge in [-0.3, -0.25) is 9.89 Å². The first kappa shape index (κ1) is 25.5. The van der Waals surface area contributed by atoms with Gasteiger partial charge in [0, 0.05) is 43.0 Å². The average Bonchev–Trinajstić information content (AvgIpc) is 3.29. The largest absolute Gasteiger partial charge is 0.371 e. The number of rotatable bonds is 9. The molecule has 0 amide bonds. The van der Waals surface area contributed by atoms with Crippen LogP contribution in [0.4, 0.5) is 21.7 Å². The van der Waals surface area contributed by atoms with Crippen molar-refractivity contribution in [2.75, 3.05) is 43.9 Å². The molecule has 38 heavy (non-hydrogen) atoms. The number of anilines is 3. The van der Waals surface area contributed by atoms with Gasteiger partial charge in [-0.2, -0.15) is 14.5 Å². The minimum Gasteiger partial charge on any atom is -0.371 e. The lowest BCUT2D eigenvalue weighted by atomic mass is 10.0. The summed E-state index contributed by atoms with van der Waals surface area (Å²) in [5.41, 5.74) is 4.15. The van der Waals surface area contributed by atoms with Crippen molar-refractivity contribution in [1.29, 1.82) is 0 Å². The molecule has 5 rings (SSSR count). The Bertz CT molecular complexity index is 1460. The second-order valence-corrected chi connectivity index (χ2v) is 9.86. The van der Waals surface area contributed by atoms with E-state index in [-0.39, 0.29) is 23.2 Å². The highest BCUT2D eigenvalue weighted by molar-refractivity contribution is 5.93. The predicted octanol–water partition coefficient (Wildman–Crippen LogP) is 5.12. The fourth-order valence-electron chi connectivity index (χ4n) is 4.70. The quantitative estimate of drug-likeness (QED) is 0.300. The molecule has 0 spiro atoms. The number of H-pyrrole nitrogens is 1. The van der Waals surface area contributed by atoms with Crippen molar-refractivity contribution in [3.63, 3.8) is 0 Å². The highest BCUT2D eigenvalue weighted by Gasteiger charge is 2.18. The maximum Gasteiger partial charge on any atom is 0.229 e. The average molecular weight is 514 g/mol. The van der Waals surface area contributed by atoms with E-state index in [0.717, 1.165) is 30.0 Å². The van der Waals surface area contributed by atoms with Gasteiger partial charge in [0.1, 0.15) is 5.39 Å². The maximum atomic E-state index is 14.7. The first-order valence-corrected chi connectivity index (χ1v) is 12.9. The number of allylic oxidation sites excluding steroid dienone is 1. The minimum atomic E-state index is -0.596. The number of hydrogen-bond donors (Lipinski definition) is 2. The van der Waals surface area contributed by atoms with E-state index in [0.29, 0.717) is 23.8 Å². The lowest BCUT2D eigenvalue weighted by Crippen LogP contribution is -2.29. The van der Waals surface area contributed by atoms with Crippen LogP contribution >= 0.6 is 0 Å². The Balaban J connectivity index is 1.43. The van der Waals surface area contributed by atoms with E-state index in [1.165, 1.54) is 19.3 Å². The first-order chi connectivity index (χ1) is 18.5. The van der Waals surface area contributed by atoms with Crippen molar-refractivity contribution in [3.8, 4) is 11.3 Å². The second-order valence-electron chi connectivity index (χ2n) is 9.86. The molecular formula is C29H32FN7O. The molecule has 0 aliphatic carbocycles. The van der Waals surface area contributed by atoms with Crippen LogP contribution in [0.25, 0.3) is 22.3 Å². The Hall–Kier alpha value is -4.11. The van der Waals surface area contributed by atoms with Gasteiger partial charge >= 0.3 is 0 Å². The molecule has 0 radical (unpaired) electrons. The molecule has 1 fully saturated rings. The normalized spacial score (nSPS) is 14.1. The van der Waals surface area contributed by atoms with Gasteiger partial charge < -0.3 is 15.1 Å². The number of benzene rings is 2. The third kappa shape index (κ3) is 6.06. The van der Waals surface area contributed by atoms with Crippen molar-refractivity contribution in [1.82, 2.24) is 25.1 Å². The number of aromatic amines is 1. The van der Waals surface area contributed by atoms with Crippen molar-refractivity contribution in [2.45, 2.75) is 25.7 Å². The Morgan fingerprint density at radius 3 is 2.74 bits per heavy atom. The fourth-order valence-corrected chi connectivity index (χ4v) is 4.70. The Labute approximate surface area is 221 Å². The van der Waals surface area contributed by atoms with Crippen LogP contribution in [0.15, 0.2) is 60.7 Å². The zero-order valence-corrected chi connectivity index (χ0v) is 21.7. The van der Waals surface area contributed by atoms with Crippen LogP contribution in [0.1, 0.15) is 24.8 Å². The van der Waals surface area contributed by atoms with Crippen LogP contribution < -0.4 is 10.2 Å². The van der Waals surface area contributed by atoms with Crippen molar-refractivity contribution < 1.29 is 9.18 Å². The van der Waals surface area contributed by atoms with Gasteiger partial charge in [0.2, 0.25) is 11.9 Å². The van der Waals surface area contributed by atoms with Crippen LogP contribution in [-0.2, 0) is 11.2 Å². The summed E-state index contributed by atoms with van der Waals surface area (Å²) in [6, 6.07) is 15.6. The zero-order chi connectivity index (χ0) is 26.5. The third-order valence-corrected chi connectivity index (χ3v) is 6.55. The molecule has 2 aromatic carbocycles. The summed E-state index contributed by atoms with van der Waals surface area (Å²) in [5, 5.41) is 9.93. The molecule has 4 aromatic rings. The molecule has 0 atom stereocenters. The number of carbonyl (C=O) groups excluding carboxylic acids is 1. The number of carbonyl (C=O) groups is 1. The van der Waals surface area contributed by atoms with E-state index in [4.69, 9.17) is 4.98 Å². The molecule has 9 heteroatoms. The highest BCUT2D eigenvalue weighted by Crippen LogP contribution is 2.30. The van der Waals surface area contributed by atoms with Crippen molar-refractivity contribution >= 4 is 34.1 Å². The molecule has 1 saturated heterocycles. The summed E-state index contributed by atoms with van der Waals surface area (Å²) in [7, 11) is 3.90. The molecule has 0 bridgehead atoms. The Morgan fingerprint density at radius 1 is 1.11 bits per heavy atom. The molecular weight excluding hydrogens is 481 g/mol. The van der Waals surface area contributed by atoms with E-state index in [1.54, 1.807) is 6.08 Å². The Kier molecular flexibility index (Phi) is 7.74. The van der Waals surface area contributed by atoms with Crippen LogP contribution in [-0.4, -0.2) is 64.6 Å². The predicted molar refractivity (Wildman–Crippen MR) is 149 cm³/mol. The molecule has 0 unspecified atom stereocenters. The lowest BCUT2D eigenvalue weighted by molar-refractivity contribution is -0.114. The van der Waals surface area contributed by atoms with Crippen molar-refractivity contribution in [2.24, 2.45) is 0 Å². The maximum absolute atomic E-state index is 14.7. The number of aromatic nitrogens is 4. The smallest absolute Gasteiger partial charge is 0.229 e. The standard InChI is InChI=1S/C29H32FN7O/c1-36(2)14-8-13-24(38)18-20-9-6-10-21(17-20)26-25-27(30)34-35-28(25)33-29(32-26)31-22-11-7-12-23(19-22)37-15-4-3-5-16-37/h6-13,17,19H,3-5,14-16,18H2,1-2H3,(H2,31,32,33,34,35)/b13-8+. The van der Waals surface area contributed by atoms with Crippen molar-refractivity contribution in [3.05, 3.63) is 72.2 Å². The number of nitrogens with zero attached hydrogens (tertiary/aromatic N) is 5. The summed E-state index contributed by atoms with van der Waals surface area (Å²) in [5.74, 6) is -0.271. The number of halogens is 1. The number of piperidine rings is 1. The SMILES string of the molecule is CN(C)C/C=C/C(=O)Cc1cccc(-c2nc(Nc3cccc(N4CCCCC4)c3)nc3n[nH]c(F)c23)c1. The summed E-state index contributed by atoms with van der Waals surface area (Å²) < 4.78 is 14.7. The minimum absolute atomic E-state index is 0.00210. The van der Waals surface area contributed by atoms with E-state index < -0.39 is 5.95 Å². The van der Waals surface area contributed by atoms with Gasteiger partial charge in [-0.25, -0.2) is 4.98 Å². The summed E-state index contributed by atoms with van der Waals surface area (Å²) in [4.78, 5) is 26.0. The number of fused-ring (bicyclic) bond motifs is 1. The number of hydrogen-bond acceptors (Lipinski definition) is 7. The fraction of sp³-hybridized carbons (Fsp3) is 0.310. The van der Waals surface area contributed by atoms with Crippen LogP contribution in [0.2, 0.25) is 0 Å². The molecule has 8 nitrogen and oxygen atoms in total. The molecule has 196 valence electrons. The Morgan fingerprint density at radius 2 is 1.92 bits per heavy atom. The van der Waals surface area contributed by atoms with Gasteiger partial charge in [-0.15, -0.1) is 0 Å². The molecule has 1 aliphatic heterocycles. The molecule has 1 aliphatic rings. The van der Waals surface area contributed by atoms with E-state index in [1.807, 2.05) is 61.5 Å².